The van der Waals surface area contributed by atoms with Crippen LogP contribution in [0.2, 0.25) is 5.02 Å². The molecule has 1 saturated heterocycles. The molecular formula is C19H18ClN3. The number of aromatic nitrogens is 2. The number of hydrogen-bond donors (Lipinski definition) is 0. The molecule has 2 heterocycles. The zero-order chi connectivity index (χ0) is 15.6. The van der Waals surface area contributed by atoms with E-state index in [1.54, 1.807) is 0 Å². The summed E-state index contributed by atoms with van der Waals surface area (Å²) in [6.07, 6.45) is 5.70. The van der Waals surface area contributed by atoms with Crippen molar-refractivity contribution >= 4 is 28.5 Å². The molecule has 0 amide bonds. The summed E-state index contributed by atoms with van der Waals surface area (Å²) in [7, 11) is 0. The zero-order valence-electron chi connectivity index (χ0n) is 12.9. The number of fused-ring (bicyclic) bond motifs is 1. The van der Waals surface area contributed by atoms with Crippen LogP contribution in [-0.2, 0) is 0 Å². The number of hydrogen-bond acceptors (Lipinski definition) is 3. The lowest BCUT2D eigenvalue weighted by atomic mass is 10.1. The Hall–Kier alpha value is -2.13. The second kappa shape index (κ2) is 6.17. The molecule has 0 radical (unpaired) electrons. The molecule has 4 rings (SSSR count). The fourth-order valence-electron chi connectivity index (χ4n) is 3.10. The van der Waals surface area contributed by atoms with Crippen LogP contribution in [0.1, 0.15) is 19.3 Å². The van der Waals surface area contributed by atoms with Crippen molar-refractivity contribution in [1.82, 2.24) is 9.97 Å². The van der Waals surface area contributed by atoms with Gasteiger partial charge in [-0.25, -0.2) is 4.98 Å². The summed E-state index contributed by atoms with van der Waals surface area (Å²) in [6.45, 7) is 2.16. The zero-order valence-corrected chi connectivity index (χ0v) is 13.6. The number of nitrogens with zero attached hydrogens (tertiary/aromatic N) is 3. The Morgan fingerprint density at radius 3 is 2.35 bits per heavy atom. The Kier molecular flexibility index (Phi) is 3.88. The van der Waals surface area contributed by atoms with Gasteiger partial charge in [-0.3, -0.25) is 4.98 Å². The molecule has 3 nitrogen and oxygen atoms in total. The van der Waals surface area contributed by atoms with Crippen molar-refractivity contribution in [3.8, 4) is 11.1 Å². The van der Waals surface area contributed by atoms with Gasteiger partial charge in [0.05, 0.1) is 17.2 Å². The highest BCUT2D eigenvalue weighted by Crippen LogP contribution is 2.26. The minimum absolute atomic E-state index is 0.752. The predicted molar refractivity (Wildman–Crippen MR) is 96.0 cm³/mol. The lowest BCUT2D eigenvalue weighted by Crippen LogP contribution is -2.30. The minimum atomic E-state index is 0.752. The highest BCUT2D eigenvalue weighted by molar-refractivity contribution is 6.30. The maximum absolute atomic E-state index is 5.97. The van der Waals surface area contributed by atoms with Gasteiger partial charge in [-0.05, 0) is 54.7 Å². The molecule has 1 aliphatic heterocycles. The SMILES string of the molecule is Clc1ccc(-c2ccc3ncc(N4CCCCC4)nc3c2)cc1. The van der Waals surface area contributed by atoms with Gasteiger partial charge in [0.15, 0.2) is 0 Å². The van der Waals surface area contributed by atoms with Gasteiger partial charge in [0.1, 0.15) is 5.82 Å². The van der Waals surface area contributed by atoms with E-state index in [9.17, 15) is 0 Å². The number of anilines is 1. The predicted octanol–water partition coefficient (Wildman–Crippen LogP) is 4.94. The van der Waals surface area contributed by atoms with Gasteiger partial charge in [0.25, 0.3) is 0 Å². The van der Waals surface area contributed by atoms with E-state index >= 15 is 0 Å². The van der Waals surface area contributed by atoms with Gasteiger partial charge < -0.3 is 4.90 Å². The molecule has 0 atom stereocenters. The highest BCUT2D eigenvalue weighted by atomic mass is 35.5. The van der Waals surface area contributed by atoms with Crippen LogP contribution in [0.4, 0.5) is 5.82 Å². The lowest BCUT2D eigenvalue weighted by molar-refractivity contribution is 0.573. The molecule has 1 aliphatic rings. The summed E-state index contributed by atoms with van der Waals surface area (Å²) in [5.41, 5.74) is 4.16. The van der Waals surface area contributed by atoms with Crippen molar-refractivity contribution in [3.05, 3.63) is 53.7 Å². The molecular weight excluding hydrogens is 306 g/mol. The van der Waals surface area contributed by atoms with Crippen LogP contribution in [0.15, 0.2) is 48.7 Å². The van der Waals surface area contributed by atoms with Crippen LogP contribution in [-0.4, -0.2) is 23.1 Å². The number of halogens is 1. The van der Waals surface area contributed by atoms with Crippen molar-refractivity contribution in [2.24, 2.45) is 0 Å². The maximum Gasteiger partial charge on any atom is 0.147 e. The van der Waals surface area contributed by atoms with E-state index in [0.717, 1.165) is 46.1 Å². The van der Waals surface area contributed by atoms with E-state index in [4.69, 9.17) is 16.6 Å². The maximum atomic E-state index is 5.97. The third kappa shape index (κ3) is 3.02. The lowest BCUT2D eigenvalue weighted by Gasteiger charge is -2.27. The van der Waals surface area contributed by atoms with Crippen LogP contribution >= 0.6 is 11.6 Å². The van der Waals surface area contributed by atoms with Crippen LogP contribution < -0.4 is 4.90 Å². The van der Waals surface area contributed by atoms with E-state index < -0.39 is 0 Å². The van der Waals surface area contributed by atoms with Crippen LogP contribution in [0.25, 0.3) is 22.2 Å². The summed E-state index contributed by atoms with van der Waals surface area (Å²) in [6, 6.07) is 14.1. The van der Waals surface area contributed by atoms with Gasteiger partial charge >= 0.3 is 0 Å². The quantitative estimate of drug-likeness (QED) is 0.669. The first kappa shape index (κ1) is 14.5. The topological polar surface area (TPSA) is 29.0 Å². The van der Waals surface area contributed by atoms with Crippen LogP contribution in [0.5, 0.6) is 0 Å². The molecule has 1 aromatic heterocycles. The average Bonchev–Trinajstić information content (AvgIpc) is 2.62. The molecule has 0 unspecified atom stereocenters. The molecule has 0 spiro atoms. The fourth-order valence-corrected chi connectivity index (χ4v) is 3.22. The van der Waals surface area contributed by atoms with Crippen molar-refractivity contribution < 1.29 is 0 Å². The van der Waals surface area contributed by atoms with E-state index in [2.05, 4.69) is 22.0 Å². The fraction of sp³-hybridized carbons (Fsp3) is 0.263. The Morgan fingerprint density at radius 2 is 1.57 bits per heavy atom. The molecule has 4 heteroatoms. The van der Waals surface area contributed by atoms with E-state index in [-0.39, 0.29) is 0 Å². The van der Waals surface area contributed by atoms with E-state index in [1.807, 2.05) is 36.5 Å². The van der Waals surface area contributed by atoms with Gasteiger partial charge in [-0.15, -0.1) is 0 Å². The Morgan fingerprint density at radius 1 is 0.826 bits per heavy atom. The molecule has 0 aliphatic carbocycles. The summed E-state index contributed by atoms with van der Waals surface area (Å²) >= 11 is 5.97. The summed E-state index contributed by atoms with van der Waals surface area (Å²) in [4.78, 5) is 11.8. The molecule has 0 saturated carbocycles. The summed E-state index contributed by atoms with van der Waals surface area (Å²) < 4.78 is 0. The van der Waals surface area contributed by atoms with Gasteiger partial charge in [0.2, 0.25) is 0 Å². The molecule has 0 N–H and O–H groups in total. The van der Waals surface area contributed by atoms with Crippen molar-refractivity contribution in [1.29, 1.82) is 0 Å². The van der Waals surface area contributed by atoms with Gasteiger partial charge in [-0.2, -0.15) is 0 Å². The molecule has 1 fully saturated rings. The smallest absolute Gasteiger partial charge is 0.147 e. The Bertz CT molecular complexity index is 824. The molecule has 2 aromatic carbocycles. The van der Waals surface area contributed by atoms with Crippen LogP contribution in [0, 0.1) is 0 Å². The third-order valence-electron chi connectivity index (χ3n) is 4.39. The number of benzene rings is 2. The largest absolute Gasteiger partial charge is 0.355 e. The number of rotatable bonds is 2. The molecule has 116 valence electrons. The third-order valence-corrected chi connectivity index (χ3v) is 4.64. The Balaban J connectivity index is 1.72. The van der Waals surface area contributed by atoms with Gasteiger partial charge in [-0.1, -0.05) is 29.8 Å². The first-order valence-corrected chi connectivity index (χ1v) is 8.45. The number of piperidine rings is 1. The molecule has 3 aromatic rings. The second-order valence-corrected chi connectivity index (χ2v) is 6.42. The second-order valence-electron chi connectivity index (χ2n) is 5.99. The molecule has 23 heavy (non-hydrogen) atoms. The van der Waals surface area contributed by atoms with Crippen molar-refractivity contribution in [2.75, 3.05) is 18.0 Å². The van der Waals surface area contributed by atoms with Crippen molar-refractivity contribution in [3.63, 3.8) is 0 Å². The standard InChI is InChI=1S/C19H18ClN3/c20-16-7-4-14(5-8-16)15-6-9-17-18(12-15)22-19(13-21-17)23-10-2-1-3-11-23/h4-9,12-13H,1-3,10-11H2. The van der Waals surface area contributed by atoms with E-state index in [0.29, 0.717) is 0 Å². The normalized spacial score (nSPS) is 15.1. The first-order valence-electron chi connectivity index (χ1n) is 8.07. The monoisotopic (exact) mass is 323 g/mol. The highest BCUT2D eigenvalue weighted by Gasteiger charge is 2.13. The van der Waals surface area contributed by atoms with Crippen LogP contribution in [0.3, 0.4) is 0 Å². The molecule has 0 bridgehead atoms. The van der Waals surface area contributed by atoms with E-state index in [1.165, 1.54) is 19.3 Å². The van der Waals surface area contributed by atoms with Crippen molar-refractivity contribution in [2.45, 2.75) is 19.3 Å². The van der Waals surface area contributed by atoms with Gasteiger partial charge in [0, 0.05) is 18.1 Å². The minimum Gasteiger partial charge on any atom is -0.355 e. The summed E-state index contributed by atoms with van der Waals surface area (Å²) in [5.74, 6) is 0.991. The Labute approximate surface area is 140 Å². The summed E-state index contributed by atoms with van der Waals surface area (Å²) in [5, 5.41) is 0.752. The first-order chi connectivity index (χ1) is 11.3. The average molecular weight is 324 g/mol.